The van der Waals surface area contributed by atoms with E-state index in [0.717, 1.165) is 12.8 Å². The molecule has 0 radical (unpaired) electrons. The van der Waals surface area contributed by atoms with Crippen LogP contribution in [0.5, 0.6) is 0 Å². The van der Waals surface area contributed by atoms with Gasteiger partial charge in [0.1, 0.15) is 0 Å². The third-order valence-electron chi connectivity index (χ3n) is 4.65. The minimum absolute atomic E-state index is 0.261. The van der Waals surface area contributed by atoms with Crippen LogP contribution in [0, 0.1) is 0 Å². The van der Waals surface area contributed by atoms with Crippen LogP contribution in [-0.4, -0.2) is 25.2 Å². The van der Waals surface area contributed by atoms with E-state index in [1.807, 2.05) is 0 Å². The van der Waals surface area contributed by atoms with Crippen LogP contribution in [0.15, 0.2) is 0 Å². The van der Waals surface area contributed by atoms with E-state index in [-0.39, 0.29) is 5.04 Å². The fourth-order valence-corrected chi connectivity index (χ4v) is 17.0. The molecule has 0 rings (SSSR count). The van der Waals surface area contributed by atoms with Gasteiger partial charge < -0.3 is 8.23 Å². The maximum absolute atomic E-state index is 7.11. The first-order chi connectivity index (χ1) is 9.30. The molecule has 0 fully saturated rings. The molecule has 3 atom stereocenters. The molecule has 0 aromatic heterocycles. The average Bonchev–Trinajstić information content (AvgIpc) is 2.33. The molecule has 0 aliphatic carbocycles. The first kappa shape index (κ1) is 21.9. The summed E-state index contributed by atoms with van der Waals surface area (Å²) in [7, 11) is -5.75. The number of hydrogen-bond donors (Lipinski definition) is 0. The van der Waals surface area contributed by atoms with Gasteiger partial charge in [0.25, 0.3) is 7.63 Å². The Morgan fingerprint density at radius 3 is 1.71 bits per heavy atom. The SMILES string of the molecule is CCC(C)[Si](Cl)(O[Si](C)(C)O[SiH](C)C(C)(C)C)C(C)CC. The number of hydrogen-bond acceptors (Lipinski definition) is 2. The van der Waals surface area contributed by atoms with Crippen LogP contribution < -0.4 is 0 Å². The van der Waals surface area contributed by atoms with Gasteiger partial charge in [0, 0.05) is 0 Å². The summed E-state index contributed by atoms with van der Waals surface area (Å²) < 4.78 is 13.1. The summed E-state index contributed by atoms with van der Waals surface area (Å²) >= 11 is 7.11. The molecule has 2 nitrogen and oxygen atoms in total. The molecular weight excluding hydrogens is 332 g/mol. The van der Waals surface area contributed by atoms with E-state index in [4.69, 9.17) is 19.3 Å². The monoisotopic (exact) mass is 368 g/mol. The predicted molar refractivity (Wildman–Crippen MR) is 103 cm³/mol. The molecule has 128 valence electrons. The fraction of sp³-hybridized carbons (Fsp3) is 1.00. The molecular formula is C15H37ClO2Si3. The van der Waals surface area contributed by atoms with E-state index in [1.165, 1.54) is 0 Å². The lowest BCUT2D eigenvalue weighted by atomic mass is 10.3. The molecule has 0 aromatic carbocycles. The average molecular weight is 369 g/mol. The van der Waals surface area contributed by atoms with Crippen molar-refractivity contribution in [3.8, 4) is 0 Å². The molecule has 0 saturated heterocycles. The van der Waals surface area contributed by atoms with Gasteiger partial charge >= 0.3 is 8.56 Å². The molecule has 0 spiro atoms. The Labute approximate surface area is 141 Å². The largest absolute Gasteiger partial charge is 0.439 e. The molecule has 0 aliphatic rings. The highest BCUT2D eigenvalue weighted by Crippen LogP contribution is 2.43. The molecule has 0 heterocycles. The van der Waals surface area contributed by atoms with Gasteiger partial charge in [0.15, 0.2) is 9.04 Å². The predicted octanol–water partition coefficient (Wildman–Crippen LogP) is 6.16. The molecule has 0 aliphatic heterocycles. The third-order valence-corrected chi connectivity index (χ3v) is 20.4. The maximum Gasteiger partial charge on any atom is 0.311 e. The quantitative estimate of drug-likeness (QED) is 0.377. The molecule has 0 saturated carbocycles. The van der Waals surface area contributed by atoms with Gasteiger partial charge in [-0.3, -0.25) is 0 Å². The number of halogens is 1. The summed E-state index contributed by atoms with van der Waals surface area (Å²) in [4.78, 5) is 0. The van der Waals surface area contributed by atoms with Crippen molar-refractivity contribution in [2.75, 3.05) is 0 Å². The number of rotatable bonds is 8. The minimum Gasteiger partial charge on any atom is -0.439 e. The second-order valence-electron chi connectivity index (χ2n) is 7.94. The summed E-state index contributed by atoms with van der Waals surface area (Å²) in [6.45, 7) is 22.4. The van der Waals surface area contributed by atoms with Crippen molar-refractivity contribution in [3.63, 3.8) is 0 Å². The van der Waals surface area contributed by atoms with Gasteiger partial charge in [-0.15, -0.1) is 11.1 Å². The van der Waals surface area contributed by atoms with E-state index in [9.17, 15) is 0 Å². The first-order valence-corrected chi connectivity index (χ1v) is 16.5. The smallest absolute Gasteiger partial charge is 0.311 e. The van der Waals surface area contributed by atoms with Gasteiger partial charge in [0.2, 0.25) is 0 Å². The van der Waals surface area contributed by atoms with Crippen molar-refractivity contribution in [2.45, 2.75) is 97.1 Å². The minimum atomic E-state index is -2.29. The standard InChI is InChI=1S/C15H37ClO2Si3/c1-11-13(3)21(16,14(4)12-2)18-20(9,10)17-19(8)15(5,6)7/h13-14,19H,11-12H2,1-10H3. The zero-order valence-electron chi connectivity index (χ0n) is 15.8. The molecule has 0 bridgehead atoms. The Bertz CT molecular complexity index is 309. The van der Waals surface area contributed by atoms with Crippen molar-refractivity contribution < 1.29 is 8.23 Å². The summed E-state index contributed by atoms with van der Waals surface area (Å²) in [5.41, 5.74) is 0.909. The van der Waals surface area contributed by atoms with Crippen LogP contribution >= 0.6 is 11.1 Å². The highest BCUT2D eigenvalue weighted by Gasteiger charge is 2.48. The van der Waals surface area contributed by atoms with Gasteiger partial charge in [-0.1, -0.05) is 61.3 Å². The zero-order chi connectivity index (χ0) is 17.1. The Morgan fingerprint density at radius 2 is 1.43 bits per heavy atom. The van der Waals surface area contributed by atoms with Crippen LogP contribution in [0.25, 0.3) is 0 Å². The van der Waals surface area contributed by atoms with E-state index >= 15 is 0 Å². The highest BCUT2D eigenvalue weighted by atomic mass is 35.6. The van der Waals surface area contributed by atoms with Gasteiger partial charge in [-0.2, -0.15) is 0 Å². The Kier molecular flexibility index (Phi) is 8.44. The summed E-state index contributed by atoms with van der Waals surface area (Å²) in [6.07, 6.45) is 2.16. The Morgan fingerprint density at radius 1 is 1.05 bits per heavy atom. The molecule has 21 heavy (non-hydrogen) atoms. The molecule has 3 unspecified atom stereocenters. The molecule has 6 heteroatoms. The van der Waals surface area contributed by atoms with Crippen LogP contribution in [0.4, 0.5) is 0 Å². The normalized spacial score (nSPS) is 20.7. The van der Waals surface area contributed by atoms with E-state index < -0.39 is 25.2 Å². The van der Waals surface area contributed by atoms with Crippen molar-refractivity contribution in [2.24, 2.45) is 0 Å². The molecule has 0 N–H and O–H groups in total. The third kappa shape index (κ3) is 6.47. The second kappa shape index (κ2) is 8.11. The maximum atomic E-state index is 7.11. The van der Waals surface area contributed by atoms with Crippen LogP contribution in [0.3, 0.4) is 0 Å². The van der Waals surface area contributed by atoms with Crippen LogP contribution in [0.1, 0.15) is 61.3 Å². The van der Waals surface area contributed by atoms with E-state index in [0.29, 0.717) is 11.1 Å². The topological polar surface area (TPSA) is 18.5 Å². The summed E-state index contributed by atoms with van der Waals surface area (Å²) in [5, 5.41) is 0.261. The van der Waals surface area contributed by atoms with Crippen LogP contribution in [-0.2, 0) is 8.23 Å². The van der Waals surface area contributed by atoms with Crippen molar-refractivity contribution in [1.82, 2.24) is 0 Å². The first-order valence-electron chi connectivity index (χ1n) is 8.37. The van der Waals surface area contributed by atoms with Crippen molar-refractivity contribution >= 4 is 36.3 Å². The lowest BCUT2D eigenvalue weighted by molar-refractivity contribution is 0.375. The molecule has 0 aromatic rings. The zero-order valence-corrected chi connectivity index (χ0v) is 19.8. The van der Waals surface area contributed by atoms with Crippen molar-refractivity contribution in [3.05, 3.63) is 0 Å². The second-order valence-corrected chi connectivity index (χ2v) is 20.7. The Hall–Kier alpha value is 0.861. The Balaban J connectivity index is 5.15. The van der Waals surface area contributed by atoms with Crippen molar-refractivity contribution in [1.29, 1.82) is 0 Å². The van der Waals surface area contributed by atoms with Gasteiger partial charge in [-0.05, 0) is 35.8 Å². The summed E-state index contributed by atoms with van der Waals surface area (Å²) in [5.74, 6) is 0. The lowest BCUT2D eigenvalue weighted by Gasteiger charge is -2.43. The molecule has 0 amide bonds. The highest BCUT2D eigenvalue weighted by molar-refractivity contribution is 7.20. The van der Waals surface area contributed by atoms with E-state index in [2.05, 4.69) is 68.1 Å². The van der Waals surface area contributed by atoms with Gasteiger partial charge in [0.05, 0.1) is 0 Å². The van der Waals surface area contributed by atoms with Crippen LogP contribution in [0.2, 0.25) is 35.8 Å². The van der Waals surface area contributed by atoms with E-state index in [1.54, 1.807) is 0 Å². The summed E-state index contributed by atoms with van der Waals surface area (Å²) in [6, 6.07) is 0. The lowest BCUT2D eigenvalue weighted by Crippen LogP contribution is -2.53. The fourth-order valence-electron chi connectivity index (χ4n) is 2.25. The van der Waals surface area contributed by atoms with Gasteiger partial charge in [-0.25, -0.2) is 0 Å².